The van der Waals surface area contributed by atoms with Gasteiger partial charge in [-0.1, -0.05) is 6.07 Å². The molecule has 3 N–H and O–H groups in total. The van der Waals surface area contributed by atoms with Gasteiger partial charge in [-0.25, -0.2) is 0 Å². The van der Waals surface area contributed by atoms with Crippen molar-refractivity contribution in [2.24, 2.45) is 5.73 Å². The minimum atomic E-state index is -4.87. The molecule has 3 rings (SSSR count). The van der Waals surface area contributed by atoms with Gasteiger partial charge in [0.2, 0.25) is 5.91 Å². The van der Waals surface area contributed by atoms with Gasteiger partial charge in [0.1, 0.15) is 18.4 Å². The molecule has 170 valence electrons. The fourth-order valence-corrected chi connectivity index (χ4v) is 3.68. The standard InChI is InChI=1S/C21H17F6N3O2/c22-20(23,24)17-7-12(1-2-13(17)9-28)16-8-14(30-18(16)21(25,26)27)10-32-15-5-3-11(4-6-15)19(29)31/h1-7,14,16,18,30H,8,10H2,(H2,29,31)/t14-,16?,18+/m0/s1. The molecule has 1 saturated heterocycles. The molecule has 0 aromatic heterocycles. The summed E-state index contributed by atoms with van der Waals surface area (Å²) in [5, 5.41) is 11.3. The molecule has 1 unspecified atom stereocenters. The van der Waals surface area contributed by atoms with Gasteiger partial charge in [0.15, 0.2) is 0 Å². The third-order valence-electron chi connectivity index (χ3n) is 5.20. The van der Waals surface area contributed by atoms with Crippen LogP contribution in [-0.4, -0.2) is 30.8 Å². The molecule has 1 aliphatic heterocycles. The minimum absolute atomic E-state index is 0.132. The van der Waals surface area contributed by atoms with Crippen LogP contribution < -0.4 is 15.8 Å². The van der Waals surface area contributed by atoms with Crippen LogP contribution in [0.2, 0.25) is 0 Å². The highest BCUT2D eigenvalue weighted by Gasteiger charge is 2.51. The second kappa shape index (κ2) is 8.70. The molecule has 0 bridgehead atoms. The number of nitriles is 1. The SMILES string of the molecule is N#Cc1ccc(C2C[C@@H](COc3ccc(C(N)=O)cc3)N[C@H]2C(F)(F)F)cc1C(F)(F)F. The lowest BCUT2D eigenvalue weighted by atomic mass is 9.88. The molecule has 1 amide bonds. The van der Waals surface area contributed by atoms with Crippen molar-refractivity contribution in [3.05, 3.63) is 64.7 Å². The van der Waals surface area contributed by atoms with Gasteiger partial charge in [0.05, 0.1) is 17.2 Å². The zero-order valence-electron chi connectivity index (χ0n) is 16.3. The Kier molecular flexibility index (Phi) is 6.37. The van der Waals surface area contributed by atoms with E-state index < -0.39 is 47.4 Å². The predicted molar refractivity (Wildman–Crippen MR) is 101 cm³/mol. The van der Waals surface area contributed by atoms with E-state index in [9.17, 15) is 31.1 Å². The van der Waals surface area contributed by atoms with Gasteiger partial charge in [-0.2, -0.15) is 31.6 Å². The van der Waals surface area contributed by atoms with E-state index in [1.165, 1.54) is 30.3 Å². The fraction of sp³-hybridized carbons (Fsp3) is 0.333. The first kappa shape index (κ1) is 23.4. The van der Waals surface area contributed by atoms with Gasteiger partial charge in [-0.05, 0) is 48.4 Å². The van der Waals surface area contributed by atoms with E-state index in [-0.39, 0.29) is 24.2 Å². The number of primary amides is 1. The number of halogens is 6. The van der Waals surface area contributed by atoms with Crippen LogP contribution in [0.4, 0.5) is 26.3 Å². The van der Waals surface area contributed by atoms with Crippen LogP contribution in [-0.2, 0) is 6.18 Å². The summed E-state index contributed by atoms with van der Waals surface area (Å²) in [4.78, 5) is 11.1. The molecule has 1 heterocycles. The van der Waals surface area contributed by atoms with Gasteiger partial charge >= 0.3 is 12.4 Å². The first-order valence-corrected chi connectivity index (χ1v) is 9.37. The maximum atomic E-state index is 13.6. The van der Waals surface area contributed by atoms with Gasteiger partial charge in [0, 0.05) is 17.5 Å². The molecule has 1 fully saturated rings. The lowest BCUT2D eigenvalue weighted by Crippen LogP contribution is -2.44. The van der Waals surface area contributed by atoms with Crippen molar-refractivity contribution in [1.82, 2.24) is 5.32 Å². The fourth-order valence-electron chi connectivity index (χ4n) is 3.68. The van der Waals surface area contributed by atoms with Crippen LogP contribution in [0.25, 0.3) is 0 Å². The van der Waals surface area contributed by atoms with Gasteiger partial charge in [-0.15, -0.1) is 0 Å². The van der Waals surface area contributed by atoms with Crippen LogP contribution in [0.1, 0.15) is 39.4 Å². The summed E-state index contributed by atoms with van der Waals surface area (Å²) < 4.78 is 86.1. The number of nitrogens with zero attached hydrogens (tertiary/aromatic N) is 1. The maximum Gasteiger partial charge on any atom is 0.417 e. The lowest BCUT2D eigenvalue weighted by molar-refractivity contribution is -0.156. The Morgan fingerprint density at radius 2 is 1.78 bits per heavy atom. The van der Waals surface area contributed by atoms with E-state index in [0.717, 1.165) is 12.1 Å². The molecule has 3 atom stereocenters. The molecule has 0 aliphatic carbocycles. The smallest absolute Gasteiger partial charge is 0.417 e. The number of alkyl halides is 6. The number of hydrogen-bond donors (Lipinski definition) is 2. The molecule has 32 heavy (non-hydrogen) atoms. The molecule has 2 aromatic rings. The average Bonchev–Trinajstić information content (AvgIpc) is 3.16. The molecule has 1 aliphatic rings. The number of benzene rings is 2. The number of nitrogens with one attached hydrogen (secondary N) is 1. The second-order valence-corrected chi connectivity index (χ2v) is 7.34. The van der Waals surface area contributed by atoms with E-state index in [1.54, 1.807) is 0 Å². The molecule has 5 nitrogen and oxygen atoms in total. The van der Waals surface area contributed by atoms with Crippen LogP contribution >= 0.6 is 0 Å². The van der Waals surface area contributed by atoms with Crippen molar-refractivity contribution >= 4 is 5.91 Å². The number of nitrogens with two attached hydrogens (primary N) is 1. The maximum absolute atomic E-state index is 13.6. The highest BCUT2D eigenvalue weighted by molar-refractivity contribution is 5.92. The number of carbonyl (C=O) groups excluding carboxylic acids is 1. The normalized spacial score (nSPS) is 21.2. The lowest BCUT2D eigenvalue weighted by Gasteiger charge is -2.23. The summed E-state index contributed by atoms with van der Waals surface area (Å²) in [6, 6.07) is 6.81. The Morgan fingerprint density at radius 1 is 1.12 bits per heavy atom. The number of carbonyl (C=O) groups is 1. The van der Waals surface area contributed by atoms with E-state index in [4.69, 9.17) is 15.7 Å². The Morgan fingerprint density at radius 3 is 2.31 bits per heavy atom. The topological polar surface area (TPSA) is 88.1 Å². The van der Waals surface area contributed by atoms with Gasteiger partial charge in [-0.3, -0.25) is 10.1 Å². The van der Waals surface area contributed by atoms with Gasteiger partial charge < -0.3 is 10.5 Å². The summed E-state index contributed by atoms with van der Waals surface area (Å²) in [7, 11) is 0. The second-order valence-electron chi connectivity index (χ2n) is 7.34. The van der Waals surface area contributed by atoms with Crippen molar-refractivity contribution in [3.8, 4) is 11.8 Å². The van der Waals surface area contributed by atoms with E-state index in [2.05, 4.69) is 5.32 Å². The van der Waals surface area contributed by atoms with Gasteiger partial charge in [0.25, 0.3) is 0 Å². The molecular formula is C21H17F6N3O2. The van der Waals surface area contributed by atoms with Crippen LogP contribution in [0.3, 0.4) is 0 Å². The summed E-state index contributed by atoms with van der Waals surface area (Å²) in [5.74, 6) is -1.65. The highest BCUT2D eigenvalue weighted by atomic mass is 19.4. The summed E-state index contributed by atoms with van der Waals surface area (Å²) in [6.45, 7) is -0.179. The third-order valence-corrected chi connectivity index (χ3v) is 5.20. The molecule has 11 heteroatoms. The summed E-state index contributed by atoms with van der Waals surface area (Å²) in [5.41, 5.74) is 3.27. The van der Waals surface area contributed by atoms with Crippen molar-refractivity contribution < 1.29 is 35.9 Å². The minimum Gasteiger partial charge on any atom is -0.492 e. The molecule has 2 aromatic carbocycles. The number of amides is 1. The van der Waals surface area contributed by atoms with Crippen molar-refractivity contribution in [1.29, 1.82) is 5.26 Å². The third kappa shape index (κ3) is 5.13. The highest BCUT2D eigenvalue weighted by Crippen LogP contribution is 2.42. The molecule has 0 radical (unpaired) electrons. The monoisotopic (exact) mass is 457 g/mol. The molecular weight excluding hydrogens is 440 g/mol. The zero-order chi connectivity index (χ0) is 23.7. The van der Waals surface area contributed by atoms with Crippen molar-refractivity contribution in [2.45, 2.75) is 36.8 Å². The number of ether oxygens (including phenoxy) is 1. The van der Waals surface area contributed by atoms with E-state index in [0.29, 0.717) is 11.8 Å². The molecule has 0 spiro atoms. The van der Waals surface area contributed by atoms with Crippen LogP contribution in [0.5, 0.6) is 5.75 Å². The van der Waals surface area contributed by atoms with Crippen molar-refractivity contribution in [2.75, 3.05) is 6.61 Å². The molecule has 0 saturated carbocycles. The van der Waals surface area contributed by atoms with E-state index in [1.807, 2.05) is 0 Å². The Balaban J connectivity index is 1.80. The quantitative estimate of drug-likeness (QED) is 0.661. The first-order valence-electron chi connectivity index (χ1n) is 9.37. The van der Waals surface area contributed by atoms with Crippen molar-refractivity contribution in [3.63, 3.8) is 0 Å². The summed E-state index contributed by atoms with van der Waals surface area (Å²) in [6.07, 6.45) is -9.72. The Bertz CT molecular complexity index is 1030. The van der Waals surface area contributed by atoms with E-state index >= 15 is 0 Å². The zero-order valence-corrected chi connectivity index (χ0v) is 16.3. The van der Waals surface area contributed by atoms with Crippen LogP contribution in [0, 0.1) is 11.3 Å². The summed E-state index contributed by atoms with van der Waals surface area (Å²) >= 11 is 0. The number of hydrogen-bond acceptors (Lipinski definition) is 4. The van der Waals surface area contributed by atoms with Crippen LogP contribution in [0.15, 0.2) is 42.5 Å². The Labute approximate surface area is 178 Å². The average molecular weight is 457 g/mol. The largest absolute Gasteiger partial charge is 0.492 e. The predicted octanol–water partition coefficient (Wildman–Crippen LogP) is 4.13. The Hall–Kier alpha value is -3.26. The number of rotatable bonds is 5. The first-order chi connectivity index (χ1) is 14.9.